The van der Waals surface area contributed by atoms with Crippen LogP contribution >= 0.6 is 34.8 Å². The topological polar surface area (TPSA) is 86.8 Å². The van der Waals surface area contributed by atoms with Crippen molar-refractivity contribution in [2.75, 3.05) is 10.8 Å². The molecule has 7 nitrogen and oxygen atoms in total. The van der Waals surface area contributed by atoms with Crippen molar-refractivity contribution in [2.45, 2.75) is 63.1 Å². The van der Waals surface area contributed by atoms with Crippen LogP contribution in [-0.2, 0) is 26.2 Å². The predicted octanol–water partition coefficient (Wildman–Crippen LogP) is 6.63. The summed E-state index contributed by atoms with van der Waals surface area (Å²) in [6, 6.07) is 16.8. The number of anilines is 1. The Kier molecular flexibility index (Phi) is 10.2. The van der Waals surface area contributed by atoms with Gasteiger partial charge >= 0.3 is 0 Å². The largest absolute Gasteiger partial charge is 0.352 e. The number of rotatable bonds is 10. The molecule has 3 aromatic carbocycles. The summed E-state index contributed by atoms with van der Waals surface area (Å²) < 4.78 is 28.8. The molecule has 0 saturated heterocycles. The van der Waals surface area contributed by atoms with E-state index in [1.807, 2.05) is 6.92 Å². The smallest absolute Gasteiger partial charge is 0.264 e. The molecule has 0 bridgehead atoms. The number of halogens is 3. The lowest BCUT2D eigenvalue weighted by Crippen LogP contribution is -2.52. The molecule has 1 unspecified atom stereocenters. The molecule has 41 heavy (non-hydrogen) atoms. The molecule has 4 rings (SSSR count). The van der Waals surface area contributed by atoms with Gasteiger partial charge in [-0.3, -0.25) is 13.9 Å². The van der Waals surface area contributed by atoms with Gasteiger partial charge in [-0.05, 0) is 63.1 Å². The molecule has 3 aromatic rings. The van der Waals surface area contributed by atoms with Crippen molar-refractivity contribution in [1.29, 1.82) is 0 Å². The number of amides is 2. The van der Waals surface area contributed by atoms with Crippen LogP contribution in [-0.4, -0.2) is 43.8 Å². The van der Waals surface area contributed by atoms with Gasteiger partial charge in [0.05, 0.1) is 15.6 Å². The lowest BCUT2D eigenvalue weighted by Gasteiger charge is -2.33. The van der Waals surface area contributed by atoms with E-state index in [0.717, 1.165) is 35.6 Å². The Balaban J connectivity index is 1.73. The second-order valence-corrected chi connectivity index (χ2v) is 13.2. The molecule has 11 heteroatoms. The van der Waals surface area contributed by atoms with Crippen LogP contribution in [0, 0.1) is 6.92 Å². The number of carbonyl (C=O) groups is 2. The molecule has 1 atom stereocenters. The first-order valence-electron chi connectivity index (χ1n) is 13.4. The SMILES string of the molecule is Cc1ccc(S(=O)(=O)N(CC(=O)N(Cc2c(Cl)cccc2Cl)C(C)C(=O)NC2CCCC2)c2ccccc2Cl)cc1. The summed E-state index contributed by atoms with van der Waals surface area (Å²) in [6.45, 7) is 2.75. The highest BCUT2D eigenvalue weighted by Crippen LogP contribution is 2.32. The number of aryl methyl sites for hydroxylation is 1. The third-order valence-electron chi connectivity index (χ3n) is 7.27. The summed E-state index contributed by atoms with van der Waals surface area (Å²) in [5.74, 6) is -0.954. The van der Waals surface area contributed by atoms with E-state index < -0.39 is 28.5 Å². The van der Waals surface area contributed by atoms with E-state index in [4.69, 9.17) is 34.8 Å². The van der Waals surface area contributed by atoms with E-state index in [9.17, 15) is 18.0 Å². The number of nitrogens with one attached hydrogen (secondary N) is 1. The van der Waals surface area contributed by atoms with Crippen molar-refractivity contribution in [2.24, 2.45) is 0 Å². The van der Waals surface area contributed by atoms with Crippen molar-refractivity contribution >= 4 is 62.3 Å². The van der Waals surface area contributed by atoms with Crippen LogP contribution in [0.5, 0.6) is 0 Å². The molecule has 1 aliphatic rings. The fourth-order valence-corrected chi connectivity index (χ4v) is 7.07. The molecule has 1 fully saturated rings. The number of hydrogen-bond acceptors (Lipinski definition) is 4. The number of hydrogen-bond donors (Lipinski definition) is 1. The normalized spacial score (nSPS) is 14.5. The Morgan fingerprint density at radius 2 is 1.49 bits per heavy atom. The van der Waals surface area contributed by atoms with Crippen molar-refractivity contribution < 1.29 is 18.0 Å². The minimum Gasteiger partial charge on any atom is -0.352 e. The van der Waals surface area contributed by atoms with Gasteiger partial charge in [0.15, 0.2) is 0 Å². The highest BCUT2D eigenvalue weighted by atomic mass is 35.5. The highest BCUT2D eigenvalue weighted by Gasteiger charge is 2.34. The molecular formula is C30H32Cl3N3O4S. The summed E-state index contributed by atoms with van der Waals surface area (Å²) in [5, 5.41) is 3.84. The van der Waals surface area contributed by atoms with Crippen LogP contribution in [0.15, 0.2) is 71.6 Å². The molecular weight excluding hydrogens is 605 g/mol. The van der Waals surface area contributed by atoms with Crippen LogP contribution in [0.1, 0.15) is 43.7 Å². The van der Waals surface area contributed by atoms with E-state index in [2.05, 4.69) is 5.32 Å². The molecule has 0 aromatic heterocycles. The molecule has 1 N–H and O–H groups in total. The van der Waals surface area contributed by atoms with Crippen LogP contribution in [0.4, 0.5) is 5.69 Å². The first-order chi connectivity index (χ1) is 19.5. The molecule has 2 amide bonds. The molecule has 0 heterocycles. The van der Waals surface area contributed by atoms with Gasteiger partial charge in [0.25, 0.3) is 10.0 Å². The Morgan fingerprint density at radius 3 is 2.10 bits per heavy atom. The second-order valence-electron chi connectivity index (χ2n) is 10.2. The van der Waals surface area contributed by atoms with Gasteiger partial charge in [-0.25, -0.2) is 8.42 Å². The van der Waals surface area contributed by atoms with Gasteiger partial charge in [-0.2, -0.15) is 0 Å². The Morgan fingerprint density at radius 1 is 0.902 bits per heavy atom. The third kappa shape index (κ3) is 7.36. The van der Waals surface area contributed by atoms with Crippen molar-refractivity contribution in [3.8, 4) is 0 Å². The van der Waals surface area contributed by atoms with Crippen molar-refractivity contribution in [3.63, 3.8) is 0 Å². The zero-order valence-electron chi connectivity index (χ0n) is 22.8. The molecule has 1 saturated carbocycles. The van der Waals surface area contributed by atoms with Crippen LogP contribution < -0.4 is 9.62 Å². The minimum absolute atomic E-state index is 0.00328. The first-order valence-corrected chi connectivity index (χ1v) is 15.9. The maximum absolute atomic E-state index is 14.1. The summed E-state index contributed by atoms with van der Waals surface area (Å²) in [4.78, 5) is 28.7. The Bertz CT molecular complexity index is 1490. The van der Waals surface area contributed by atoms with Gasteiger partial charge in [0.1, 0.15) is 12.6 Å². The Labute approximate surface area is 256 Å². The van der Waals surface area contributed by atoms with Gasteiger partial charge in [-0.1, -0.05) is 83.5 Å². The maximum Gasteiger partial charge on any atom is 0.264 e. The number of carbonyl (C=O) groups excluding carboxylic acids is 2. The third-order valence-corrected chi connectivity index (χ3v) is 10.1. The summed E-state index contributed by atoms with van der Waals surface area (Å²) >= 11 is 19.3. The summed E-state index contributed by atoms with van der Waals surface area (Å²) in [5.41, 5.74) is 1.48. The molecule has 1 aliphatic carbocycles. The Hall–Kier alpha value is -2.78. The van der Waals surface area contributed by atoms with E-state index in [1.54, 1.807) is 55.5 Å². The number of benzene rings is 3. The van der Waals surface area contributed by atoms with Crippen LogP contribution in [0.3, 0.4) is 0 Å². The van der Waals surface area contributed by atoms with E-state index >= 15 is 0 Å². The van der Waals surface area contributed by atoms with Crippen LogP contribution in [0.25, 0.3) is 0 Å². The lowest BCUT2D eigenvalue weighted by molar-refractivity contribution is -0.139. The van der Waals surface area contributed by atoms with E-state index in [0.29, 0.717) is 15.6 Å². The minimum atomic E-state index is -4.23. The van der Waals surface area contributed by atoms with Gasteiger partial charge in [0.2, 0.25) is 11.8 Å². The number of sulfonamides is 1. The second kappa shape index (κ2) is 13.5. The first kappa shape index (κ1) is 31.2. The number of para-hydroxylation sites is 1. The van der Waals surface area contributed by atoms with E-state index in [-0.39, 0.29) is 34.1 Å². The maximum atomic E-state index is 14.1. The number of nitrogens with zero attached hydrogens (tertiary/aromatic N) is 2. The standard InChI is InChI=1S/C30H32Cl3N3O4S/c1-20-14-16-23(17-15-20)41(39,40)36(28-13-6-5-10-27(28)33)19-29(37)35(18-24-25(31)11-7-12-26(24)32)21(2)30(38)34-22-8-3-4-9-22/h5-7,10-17,21-22H,3-4,8-9,18-19H2,1-2H3,(H,34,38). The summed E-state index contributed by atoms with van der Waals surface area (Å²) in [6.07, 6.45) is 3.80. The lowest BCUT2D eigenvalue weighted by atomic mass is 10.1. The predicted molar refractivity (Wildman–Crippen MR) is 164 cm³/mol. The quantitative estimate of drug-likeness (QED) is 0.271. The average Bonchev–Trinajstić information content (AvgIpc) is 3.45. The van der Waals surface area contributed by atoms with Gasteiger partial charge in [0, 0.05) is 28.2 Å². The molecule has 0 spiro atoms. The fraction of sp³-hybridized carbons (Fsp3) is 0.333. The van der Waals surface area contributed by atoms with Gasteiger partial charge in [-0.15, -0.1) is 0 Å². The molecule has 0 aliphatic heterocycles. The van der Waals surface area contributed by atoms with E-state index in [1.165, 1.54) is 23.1 Å². The highest BCUT2D eigenvalue weighted by molar-refractivity contribution is 7.92. The van der Waals surface area contributed by atoms with Crippen LogP contribution in [0.2, 0.25) is 15.1 Å². The zero-order chi connectivity index (χ0) is 29.7. The zero-order valence-corrected chi connectivity index (χ0v) is 25.9. The monoisotopic (exact) mass is 635 g/mol. The molecule has 218 valence electrons. The fourth-order valence-electron chi connectivity index (χ4n) is 4.83. The summed E-state index contributed by atoms with van der Waals surface area (Å²) in [7, 11) is -4.23. The van der Waals surface area contributed by atoms with Gasteiger partial charge < -0.3 is 10.2 Å². The average molecular weight is 637 g/mol. The molecule has 0 radical (unpaired) electrons. The van der Waals surface area contributed by atoms with Crippen molar-refractivity contribution in [1.82, 2.24) is 10.2 Å². The van der Waals surface area contributed by atoms with Crippen molar-refractivity contribution in [3.05, 3.63) is 92.9 Å².